The number of aromatic amines is 1. The quantitative estimate of drug-likeness (QED) is 0.554. The van der Waals surface area contributed by atoms with Crippen LogP contribution in [0.4, 0.5) is 5.69 Å². The molecule has 2 N–H and O–H groups in total. The van der Waals surface area contributed by atoms with E-state index in [0.717, 1.165) is 59.2 Å². The molecular formula is C20H24N8O. The normalized spacial score (nSPS) is 19.9. The van der Waals surface area contributed by atoms with Gasteiger partial charge in [0.05, 0.1) is 23.2 Å². The van der Waals surface area contributed by atoms with E-state index in [9.17, 15) is 5.11 Å². The van der Waals surface area contributed by atoms with E-state index < -0.39 is 0 Å². The minimum Gasteiger partial charge on any atom is -0.393 e. The van der Waals surface area contributed by atoms with Gasteiger partial charge in [-0.15, -0.1) is 0 Å². The molecule has 1 fully saturated rings. The van der Waals surface area contributed by atoms with Gasteiger partial charge in [-0.1, -0.05) is 0 Å². The van der Waals surface area contributed by atoms with Crippen LogP contribution in [0.25, 0.3) is 28.4 Å². The molecule has 0 saturated carbocycles. The van der Waals surface area contributed by atoms with Gasteiger partial charge in [0.25, 0.3) is 0 Å². The van der Waals surface area contributed by atoms with Gasteiger partial charge in [0.1, 0.15) is 16.9 Å². The number of hydrogen-bond donors (Lipinski definition) is 2. The van der Waals surface area contributed by atoms with Gasteiger partial charge < -0.3 is 10.0 Å². The number of aryl methyl sites for hydroxylation is 2. The number of nitrogens with zero attached hydrogens (tertiary/aromatic N) is 7. The van der Waals surface area contributed by atoms with Crippen LogP contribution in [0.5, 0.6) is 0 Å². The highest BCUT2D eigenvalue weighted by Gasteiger charge is 2.28. The first kappa shape index (κ1) is 17.9. The number of imidazole rings is 1. The lowest BCUT2D eigenvalue weighted by atomic mass is 9.99. The molecular weight excluding hydrogens is 368 g/mol. The third-order valence-electron chi connectivity index (χ3n) is 5.74. The maximum absolute atomic E-state index is 10.1. The van der Waals surface area contributed by atoms with Crippen molar-refractivity contribution in [1.82, 2.24) is 34.6 Å². The summed E-state index contributed by atoms with van der Waals surface area (Å²) >= 11 is 0. The molecule has 0 aromatic carbocycles. The highest BCUT2D eigenvalue weighted by atomic mass is 16.3. The van der Waals surface area contributed by atoms with Crippen LogP contribution < -0.4 is 4.90 Å². The first-order valence-electron chi connectivity index (χ1n) is 9.86. The van der Waals surface area contributed by atoms with E-state index in [4.69, 9.17) is 10.1 Å². The van der Waals surface area contributed by atoms with Gasteiger partial charge >= 0.3 is 0 Å². The van der Waals surface area contributed by atoms with Crippen LogP contribution in [0.1, 0.15) is 25.5 Å². The Morgan fingerprint density at radius 3 is 2.79 bits per heavy atom. The summed E-state index contributed by atoms with van der Waals surface area (Å²) in [5.41, 5.74) is 5.53. The predicted molar refractivity (Wildman–Crippen MR) is 110 cm³/mol. The molecule has 150 valence electrons. The van der Waals surface area contributed by atoms with Crippen molar-refractivity contribution >= 4 is 11.2 Å². The van der Waals surface area contributed by atoms with E-state index in [1.165, 1.54) is 0 Å². The summed E-state index contributed by atoms with van der Waals surface area (Å²) in [5.74, 6) is 0.727. The molecule has 0 radical (unpaired) electrons. The molecule has 1 aliphatic heterocycles. The van der Waals surface area contributed by atoms with Crippen LogP contribution in [0.15, 0.2) is 30.6 Å². The van der Waals surface area contributed by atoms with E-state index in [1.54, 1.807) is 12.4 Å². The van der Waals surface area contributed by atoms with Gasteiger partial charge in [0.2, 0.25) is 0 Å². The van der Waals surface area contributed by atoms with Gasteiger partial charge in [-0.05, 0) is 44.9 Å². The number of rotatable bonds is 3. The van der Waals surface area contributed by atoms with Gasteiger partial charge in [0, 0.05) is 32.0 Å². The molecule has 29 heavy (non-hydrogen) atoms. The second-order valence-corrected chi connectivity index (χ2v) is 7.73. The Balaban J connectivity index is 1.78. The van der Waals surface area contributed by atoms with Crippen molar-refractivity contribution in [1.29, 1.82) is 0 Å². The van der Waals surface area contributed by atoms with Crippen LogP contribution >= 0.6 is 0 Å². The van der Waals surface area contributed by atoms with E-state index in [0.29, 0.717) is 0 Å². The largest absolute Gasteiger partial charge is 0.393 e. The average Bonchev–Trinajstić information content (AvgIpc) is 3.42. The molecule has 9 heteroatoms. The number of aliphatic hydroxyl groups excluding tert-OH is 1. The Kier molecular flexibility index (Phi) is 4.13. The Labute approximate surface area is 168 Å². The zero-order valence-electron chi connectivity index (χ0n) is 16.7. The zero-order chi connectivity index (χ0) is 20.1. The molecule has 0 amide bonds. The molecule has 0 bridgehead atoms. The maximum atomic E-state index is 10.1. The zero-order valence-corrected chi connectivity index (χ0v) is 16.7. The fraction of sp³-hybridized carbons (Fsp3) is 0.400. The number of aliphatic hydroxyl groups is 1. The smallest absolute Gasteiger partial charge is 0.179 e. The molecule has 2 atom stereocenters. The number of piperidine rings is 1. The molecule has 4 aromatic rings. The molecule has 4 aromatic heterocycles. The monoisotopic (exact) mass is 392 g/mol. The number of nitrogens with one attached hydrogen (secondary N) is 1. The van der Waals surface area contributed by atoms with Gasteiger partial charge in [0.15, 0.2) is 5.82 Å². The second kappa shape index (κ2) is 6.70. The number of H-pyrrole nitrogens is 1. The number of anilines is 1. The molecule has 0 aliphatic carbocycles. The minimum atomic E-state index is -0.248. The first-order valence-corrected chi connectivity index (χ1v) is 9.86. The maximum Gasteiger partial charge on any atom is 0.179 e. The van der Waals surface area contributed by atoms with E-state index in [1.807, 2.05) is 35.3 Å². The molecule has 1 saturated heterocycles. The molecule has 0 unspecified atom stereocenters. The van der Waals surface area contributed by atoms with Crippen molar-refractivity contribution in [3.05, 3.63) is 36.3 Å². The van der Waals surface area contributed by atoms with Gasteiger partial charge in [-0.2, -0.15) is 15.3 Å². The van der Waals surface area contributed by atoms with E-state index >= 15 is 0 Å². The van der Waals surface area contributed by atoms with E-state index in [2.05, 4.69) is 33.2 Å². The lowest BCUT2D eigenvalue weighted by Crippen LogP contribution is -2.43. The summed E-state index contributed by atoms with van der Waals surface area (Å²) in [6.07, 6.45) is 4.74. The Morgan fingerprint density at radius 1 is 1.24 bits per heavy atom. The highest BCUT2D eigenvalue weighted by Crippen LogP contribution is 2.35. The summed E-state index contributed by atoms with van der Waals surface area (Å²) < 4.78 is 3.72. The minimum absolute atomic E-state index is 0.217. The van der Waals surface area contributed by atoms with Crippen LogP contribution in [-0.4, -0.2) is 58.4 Å². The van der Waals surface area contributed by atoms with Crippen LogP contribution in [-0.2, 0) is 7.05 Å². The summed E-state index contributed by atoms with van der Waals surface area (Å²) in [4.78, 5) is 7.16. The topological polar surface area (TPSA) is 100 Å². The summed E-state index contributed by atoms with van der Waals surface area (Å²) in [7, 11) is 1.91. The van der Waals surface area contributed by atoms with Crippen molar-refractivity contribution in [3.63, 3.8) is 0 Å². The molecule has 5 rings (SSSR count). The summed E-state index contributed by atoms with van der Waals surface area (Å²) in [6, 6.07) is 6.19. The van der Waals surface area contributed by atoms with Crippen LogP contribution in [0.2, 0.25) is 0 Å². The Morgan fingerprint density at radius 2 is 2.10 bits per heavy atom. The van der Waals surface area contributed by atoms with Gasteiger partial charge in [-0.25, -0.2) is 9.50 Å². The fourth-order valence-corrected chi connectivity index (χ4v) is 4.27. The Bertz CT molecular complexity index is 1160. The fourth-order valence-electron chi connectivity index (χ4n) is 4.27. The highest BCUT2D eigenvalue weighted by molar-refractivity contribution is 5.81. The van der Waals surface area contributed by atoms with E-state index in [-0.39, 0.29) is 12.1 Å². The molecule has 1 aliphatic rings. The lowest BCUT2D eigenvalue weighted by molar-refractivity contribution is 0.131. The number of hydrogen-bond acceptors (Lipinski definition) is 6. The van der Waals surface area contributed by atoms with Crippen molar-refractivity contribution in [2.24, 2.45) is 7.05 Å². The lowest BCUT2D eigenvalue weighted by Gasteiger charge is -2.38. The SMILES string of the molecule is Cc1nc(-c2ccn[nH]2)n2nc(-c3ccnn3C)cc(N3CC[C@@H](O)C[C@H]3C)c12. The van der Waals surface area contributed by atoms with Crippen molar-refractivity contribution in [2.75, 3.05) is 11.4 Å². The average molecular weight is 392 g/mol. The van der Waals surface area contributed by atoms with Crippen molar-refractivity contribution in [3.8, 4) is 22.9 Å². The summed E-state index contributed by atoms with van der Waals surface area (Å²) in [5, 5.41) is 26.4. The van der Waals surface area contributed by atoms with Crippen LogP contribution in [0, 0.1) is 6.92 Å². The third kappa shape index (κ3) is 2.89. The Hall–Kier alpha value is -3.20. The third-order valence-corrected chi connectivity index (χ3v) is 5.74. The summed E-state index contributed by atoms with van der Waals surface area (Å²) in [6.45, 7) is 4.95. The van der Waals surface area contributed by atoms with Crippen molar-refractivity contribution in [2.45, 2.75) is 38.8 Å². The molecule has 0 spiro atoms. The van der Waals surface area contributed by atoms with Gasteiger partial charge in [-0.3, -0.25) is 9.78 Å². The molecule has 9 nitrogen and oxygen atoms in total. The second-order valence-electron chi connectivity index (χ2n) is 7.73. The standard InChI is InChI=1S/C20H24N8O/c1-12-10-14(29)6-9-27(12)18-11-16(17-5-8-22-26(17)3)25-28-19(18)13(2)23-20(28)15-4-7-21-24-15/h4-5,7-8,11-12,14,29H,6,9-10H2,1-3H3,(H,21,24)/t12-,14-/m1/s1. The molecule has 5 heterocycles. The van der Waals surface area contributed by atoms with Crippen LogP contribution in [0.3, 0.4) is 0 Å². The number of aromatic nitrogens is 7. The first-order chi connectivity index (χ1) is 14.0. The van der Waals surface area contributed by atoms with Crippen molar-refractivity contribution < 1.29 is 5.11 Å². The number of fused-ring (bicyclic) bond motifs is 1. The predicted octanol–water partition coefficient (Wildman–Crippen LogP) is 2.18.